The molecule has 43 heavy (non-hydrogen) atoms. The second kappa shape index (κ2) is 15.8. The predicted molar refractivity (Wildman–Crippen MR) is 168 cm³/mol. The molecule has 0 saturated carbocycles. The highest BCUT2D eigenvalue weighted by Gasteiger charge is 2.38. The Kier molecular flexibility index (Phi) is 12.4. The summed E-state index contributed by atoms with van der Waals surface area (Å²) in [5, 5.41) is 19.8. The lowest BCUT2D eigenvalue weighted by Crippen LogP contribution is -2.60. The van der Waals surface area contributed by atoms with Crippen molar-refractivity contribution in [1.82, 2.24) is 21.3 Å². The average Bonchev–Trinajstić information content (AvgIpc) is 3.00. The fourth-order valence-electron chi connectivity index (χ4n) is 4.57. The predicted octanol–water partition coefficient (Wildman–Crippen LogP) is 2.07. The van der Waals surface area contributed by atoms with Crippen LogP contribution in [-0.2, 0) is 32.1 Å². The number of amides is 4. The summed E-state index contributed by atoms with van der Waals surface area (Å²) < 4.78 is 5.86. The van der Waals surface area contributed by atoms with Gasteiger partial charge in [0.2, 0.25) is 23.6 Å². The van der Waals surface area contributed by atoms with Crippen LogP contribution in [0.3, 0.4) is 0 Å². The summed E-state index contributed by atoms with van der Waals surface area (Å²) in [5.74, 6) is -2.06. The molecule has 0 saturated heterocycles. The van der Waals surface area contributed by atoms with Crippen LogP contribution in [0, 0.1) is 18.3 Å². The number of hydrogen-bond acceptors (Lipinski definition) is 7. The molecule has 1 heterocycles. The Labute approximate surface area is 259 Å². The van der Waals surface area contributed by atoms with Gasteiger partial charge in [-0.25, -0.2) is 0 Å². The van der Waals surface area contributed by atoms with Gasteiger partial charge in [-0.3, -0.25) is 19.2 Å². The number of carbonyl (C=O) groups excluding carboxylic acids is 4. The summed E-state index contributed by atoms with van der Waals surface area (Å²) >= 11 is 4.44. The van der Waals surface area contributed by atoms with Gasteiger partial charge in [0.25, 0.3) is 0 Å². The normalized spacial score (nSPS) is 22.6. The summed E-state index contributed by atoms with van der Waals surface area (Å²) in [7, 11) is 0. The lowest BCUT2D eigenvalue weighted by Gasteiger charge is -2.31. The van der Waals surface area contributed by atoms with Crippen LogP contribution >= 0.6 is 12.6 Å². The van der Waals surface area contributed by atoms with Crippen LogP contribution in [-0.4, -0.2) is 65.8 Å². The summed E-state index contributed by atoms with van der Waals surface area (Å²) in [4.78, 5) is 53.3. The zero-order valence-corrected chi connectivity index (χ0v) is 26.2. The van der Waals surface area contributed by atoms with E-state index in [-0.39, 0.29) is 19.0 Å². The quantitative estimate of drug-likeness (QED) is 0.276. The van der Waals surface area contributed by atoms with E-state index in [9.17, 15) is 24.3 Å². The van der Waals surface area contributed by atoms with Crippen molar-refractivity contribution in [2.24, 2.45) is 11.3 Å². The fraction of sp³-hybridized carbons (Fsp3) is 0.500. The number of hydrogen-bond donors (Lipinski definition) is 6. The second-order valence-corrected chi connectivity index (χ2v) is 12.2. The largest absolute Gasteiger partial charge is 0.494 e. The first kappa shape index (κ1) is 33.9. The molecule has 1 aliphatic rings. The van der Waals surface area contributed by atoms with Crippen LogP contribution in [0.4, 0.5) is 0 Å². The van der Waals surface area contributed by atoms with Crippen molar-refractivity contribution in [3.05, 3.63) is 65.2 Å². The number of aryl methyl sites for hydroxylation is 2. The van der Waals surface area contributed by atoms with Gasteiger partial charge in [0.15, 0.2) is 0 Å². The van der Waals surface area contributed by atoms with E-state index in [1.54, 1.807) is 6.92 Å². The average molecular weight is 613 g/mol. The molecule has 0 aliphatic carbocycles. The number of aliphatic hydroxyl groups excluding tert-OH is 1. The molecule has 0 radical (unpaired) electrons. The van der Waals surface area contributed by atoms with Crippen molar-refractivity contribution < 1.29 is 29.0 Å². The van der Waals surface area contributed by atoms with Gasteiger partial charge < -0.3 is 31.1 Å². The Hall–Kier alpha value is -3.57. The minimum absolute atomic E-state index is 0.257. The molecule has 2 aromatic carbocycles. The topological polar surface area (TPSA) is 146 Å². The van der Waals surface area contributed by atoms with Gasteiger partial charge in [-0.2, -0.15) is 12.6 Å². The van der Waals surface area contributed by atoms with E-state index in [2.05, 4.69) is 33.9 Å². The maximum atomic E-state index is 13.8. The van der Waals surface area contributed by atoms with Crippen molar-refractivity contribution in [2.45, 2.75) is 70.8 Å². The Bertz CT molecular complexity index is 1270. The lowest BCUT2D eigenvalue weighted by atomic mass is 9.92. The maximum absolute atomic E-state index is 13.8. The second-order valence-electron chi connectivity index (χ2n) is 11.7. The number of rotatable bonds is 6. The van der Waals surface area contributed by atoms with Crippen molar-refractivity contribution in [1.29, 1.82) is 0 Å². The molecule has 0 fully saturated rings. The third-order valence-corrected chi connectivity index (χ3v) is 8.29. The minimum Gasteiger partial charge on any atom is -0.494 e. The Morgan fingerprint density at radius 3 is 2.49 bits per heavy atom. The molecule has 0 spiro atoms. The van der Waals surface area contributed by atoms with Crippen LogP contribution in [0.5, 0.6) is 5.75 Å². The summed E-state index contributed by atoms with van der Waals surface area (Å²) in [6.07, 6.45) is 1.51. The van der Waals surface area contributed by atoms with Gasteiger partial charge in [-0.15, -0.1) is 0 Å². The summed E-state index contributed by atoms with van der Waals surface area (Å²) in [6.45, 7) is 7.18. The van der Waals surface area contributed by atoms with Gasteiger partial charge in [-0.05, 0) is 68.9 Å². The van der Waals surface area contributed by atoms with Crippen molar-refractivity contribution in [3.63, 3.8) is 0 Å². The van der Waals surface area contributed by atoms with Crippen molar-refractivity contribution >= 4 is 36.3 Å². The molecule has 4 amide bonds. The summed E-state index contributed by atoms with van der Waals surface area (Å²) in [5.41, 5.74) is 1.74. The van der Waals surface area contributed by atoms with E-state index in [1.165, 1.54) is 13.8 Å². The number of fused-ring (bicyclic) bond motifs is 2. The van der Waals surface area contributed by atoms with Crippen LogP contribution in [0.25, 0.3) is 0 Å². The monoisotopic (exact) mass is 612 g/mol. The smallest absolute Gasteiger partial charge is 0.244 e. The van der Waals surface area contributed by atoms with Crippen LogP contribution in [0.15, 0.2) is 48.5 Å². The Balaban J connectivity index is 1.93. The van der Waals surface area contributed by atoms with Crippen LogP contribution in [0.1, 0.15) is 50.3 Å². The number of nitrogens with one attached hydrogen (secondary N) is 4. The highest BCUT2D eigenvalue weighted by molar-refractivity contribution is 7.82. The number of carbonyl (C=O) groups is 4. The van der Waals surface area contributed by atoms with Gasteiger partial charge in [0, 0.05) is 19.1 Å². The lowest BCUT2D eigenvalue weighted by molar-refractivity contribution is -0.137. The number of ether oxygens (including phenoxy) is 1. The number of aliphatic hydroxyl groups is 1. The highest BCUT2D eigenvalue weighted by Crippen LogP contribution is 2.20. The van der Waals surface area contributed by atoms with E-state index in [4.69, 9.17) is 4.74 Å². The zero-order valence-electron chi connectivity index (χ0n) is 25.3. The first-order chi connectivity index (χ1) is 20.4. The zero-order chi connectivity index (χ0) is 31.6. The molecule has 5 N–H and O–H groups in total. The third-order valence-electron chi connectivity index (χ3n) is 7.76. The van der Waals surface area contributed by atoms with Crippen molar-refractivity contribution in [3.8, 4) is 5.75 Å². The molecule has 3 rings (SSSR count). The van der Waals surface area contributed by atoms with E-state index in [0.717, 1.165) is 16.7 Å². The third kappa shape index (κ3) is 9.72. The van der Waals surface area contributed by atoms with E-state index >= 15 is 0 Å². The first-order valence-electron chi connectivity index (χ1n) is 14.6. The van der Waals surface area contributed by atoms with Crippen LogP contribution in [0.2, 0.25) is 0 Å². The van der Waals surface area contributed by atoms with Gasteiger partial charge in [0.1, 0.15) is 17.0 Å². The molecule has 2 bridgehead atoms. The molecule has 1 aliphatic heterocycles. The number of benzene rings is 2. The Morgan fingerprint density at radius 2 is 1.79 bits per heavy atom. The molecule has 2 aromatic rings. The summed E-state index contributed by atoms with van der Waals surface area (Å²) in [6, 6.07) is 13.4. The van der Waals surface area contributed by atoms with Gasteiger partial charge in [0.05, 0.1) is 24.5 Å². The molecule has 11 heteroatoms. The highest BCUT2D eigenvalue weighted by atomic mass is 32.1. The van der Waals surface area contributed by atoms with Gasteiger partial charge >= 0.3 is 0 Å². The molecular weight excluding hydrogens is 568 g/mol. The van der Waals surface area contributed by atoms with E-state index < -0.39 is 53.0 Å². The van der Waals surface area contributed by atoms with Gasteiger partial charge in [-0.1, -0.05) is 43.3 Å². The first-order valence-corrected chi connectivity index (χ1v) is 15.2. The molecule has 2 unspecified atom stereocenters. The molecule has 4 atom stereocenters. The van der Waals surface area contributed by atoms with Crippen LogP contribution < -0.4 is 26.0 Å². The Morgan fingerprint density at radius 1 is 1.07 bits per heavy atom. The fourth-order valence-corrected chi connectivity index (χ4v) is 4.87. The van der Waals surface area contributed by atoms with E-state index in [1.807, 2.05) is 55.5 Å². The molecule has 10 nitrogen and oxygen atoms in total. The SMILES string of the molecule is Cc1ccc2cc1CNC(=O)C(C)[C@H](CCc1ccccc1)NC(=O)[C@@H](NC(=O)C(C)(C)CO)C(S)C(=O)NCCCO2. The minimum atomic E-state index is -1.37. The van der Waals surface area contributed by atoms with E-state index in [0.29, 0.717) is 31.6 Å². The molecule has 0 aromatic heterocycles. The standard InChI is InChI=1S/C32H44N4O6S/c1-20-11-13-24-17-23(20)18-34-28(38)21(2)25(14-12-22-9-6-5-7-10-22)35-29(39)26(36-31(41)32(3,4)19-37)27(43)30(40)33-15-8-16-42-24/h5-7,9-11,13,17,21,25-27,37,43H,8,12,14-16,18-19H2,1-4H3,(H,33,40)(H,34,38)(H,35,39)(H,36,41)/t21?,25-,26-,27?/m0/s1. The molecule has 234 valence electrons. The molecular formula is C32H44N4O6S. The maximum Gasteiger partial charge on any atom is 0.244 e. The van der Waals surface area contributed by atoms with Crippen molar-refractivity contribution in [2.75, 3.05) is 19.8 Å². The number of thiol groups is 1.